The summed E-state index contributed by atoms with van der Waals surface area (Å²) in [5.74, 6) is -2.83. The highest BCUT2D eigenvalue weighted by Crippen LogP contribution is 2.29. The Hall–Kier alpha value is -1.06. The number of hydrogen-bond donors (Lipinski definition) is 0. The van der Waals surface area contributed by atoms with Gasteiger partial charge in [0.25, 0.3) is 0 Å². The topological polar surface area (TPSA) is 57.2 Å². The van der Waals surface area contributed by atoms with Crippen molar-refractivity contribution in [2.45, 2.75) is 13.3 Å². The summed E-state index contributed by atoms with van der Waals surface area (Å²) < 4.78 is 0. The molecule has 5 heteroatoms. The summed E-state index contributed by atoms with van der Waals surface area (Å²) in [6.45, 7) is 1.75. The van der Waals surface area contributed by atoms with Crippen molar-refractivity contribution in [3.63, 3.8) is 0 Å². The van der Waals surface area contributed by atoms with Gasteiger partial charge in [0, 0.05) is 5.56 Å². The molecule has 0 aliphatic heterocycles. The van der Waals surface area contributed by atoms with Gasteiger partial charge in [0.15, 0.2) is 0 Å². The Kier molecular flexibility index (Phi) is 3.72. The van der Waals surface area contributed by atoms with Crippen molar-refractivity contribution in [2.75, 3.05) is 0 Å². The number of ketones is 1. The fraction of sp³-hybridized carbons (Fsp3) is 0.200. The van der Waals surface area contributed by atoms with Crippen molar-refractivity contribution in [1.29, 1.82) is 0 Å². The van der Waals surface area contributed by atoms with Crippen LogP contribution in [0.4, 0.5) is 0 Å². The van der Waals surface area contributed by atoms with Crippen LogP contribution in [0.1, 0.15) is 22.8 Å². The molecule has 0 saturated carbocycles. The van der Waals surface area contributed by atoms with Gasteiger partial charge in [-0.25, -0.2) is 0 Å². The van der Waals surface area contributed by atoms with Gasteiger partial charge < -0.3 is 9.90 Å². The first-order valence-electron chi connectivity index (χ1n) is 4.21. The molecule has 0 aromatic heterocycles. The van der Waals surface area contributed by atoms with E-state index in [0.29, 0.717) is 17.0 Å². The fourth-order valence-electron chi connectivity index (χ4n) is 1.26. The zero-order valence-corrected chi connectivity index (χ0v) is 9.35. The van der Waals surface area contributed by atoms with E-state index in [1.807, 2.05) is 0 Å². The SMILES string of the molecule is CCc1c(C(=O)C(=O)[O-])ccc(Cl)c1Cl. The van der Waals surface area contributed by atoms with Gasteiger partial charge in [-0.1, -0.05) is 30.1 Å². The molecule has 80 valence electrons. The highest BCUT2D eigenvalue weighted by molar-refractivity contribution is 6.44. The van der Waals surface area contributed by atoms with Crippen LogP contribution < -0.4 is 5.11 Å². The molecule has 0 saturated heterocycles. The van der Waals surface area contributed by atoms with Crippen molar-refractivity contribution in [3.05, 3.63) is 33.3 Å². The Morgan fingerprint density at radius 3 is 2.40 bits per heavy atom. The summed E-state index contributed by atoms with van der Waals surface area (Å²) in [5, 5.41) is 10.9. The van der Waals surface area contributed by atoms with Crippen LogP contribution in [0, 0.1) is 0 Å². The fourth-order valence-corrected chi connectivity index (χ4v) is 1.74. The third kappa shape index (κ3) is 2.30. The average molecular weight is 246 g/mol. The summed E-state index contributed by atoms with van der Waals surface area (Å²) in [6, 6.07) is 2.73. The Morgan fingerprint density at radius 2 is 1.93 bits per heavy atom. The van der Waals surface area contributed by atoms with Gasteiger partial charge >= 0.3 is 0 Å². The van der Waals surface area contributed by atoms with Crippen molar-refractivity contribution in [3.8, 4) is 0 Å². The first kappa shape index (κ1) is 12.0. The number of carbonyl (C=O) groups excluding carboxylic acids is 2. The Bertz CT molecular complexity index is 427. The van der Waals surface area contributed by atoms with Gasteiger partial charge in [-0.3, -0.25) is 4.79 Å². The predicted octanol–water partition coefficient (Wildman–Crippen LogP) is 1.49. The van der Waals surface area contributed by atoms with Crippen LogP contribution >= 0.6 is 23.2 Å². The van der Waals surface area contributed by atoms with Crippen molar-refractivity contribution in [2.24, 2.45) is 0 Å². The number of Topliss-reactive ketones (excluding diaryl/α,β-unsaturated/α-hetero) is 1. The maximum Gasteiger partial charge on any atom is 0.208 e. The summed E-state index contributed by atoms with van der Waals surface area (Å²) in [4.78, 5) is 21.7. The maximum absolute atomic E-state index is 11.2. The van der Waals surface area contributed by atoms with Gasteiger partial charge in [0.05, 0.1) is 10.0 Å². The first-order chi connectivity index (χ1) is 6.99. The molecule has 0 radical (unpaired) electrons. The van der Waals surface area contributed by atoms with Gasteiger partial charge in [-0.05, 0) is 24.1 Å². The lowest BCUT2D eigenvalue weighted by Gasteiger charge is -2.10. The third-order valence-electron chi connectivity index (χ3n) is 1.98. The van der Waals surface area contributed by atoms with Crippen LogP contribution in [0.2, 0.25) is 10.0 Å². The molecule has 1 rings (SSSR count). The van der Waals surface area contributed by atoms with E-state index < -0.39 is 11.8 Å². The smallest absolute Gasteiger partial charge is 0.208 e. The number of carboxylic acid groups (broad SMARTS) is 1. The number of benzene rings is 1. The monoisotopic (exact) mass is 245 g/mol. The Labute approximate surface area is 96.6 Å². The van der Waals surface area contributed by atoms with Gasteiger partial charge in [-0.15, -0.1) is 0 Å². The quantitative estimate of drug-likeness (QED) is 0.599. The van der Waals surface area contributed by atoms with E-state index in [1.54, 1.807) is 6.92 Å². The Balaban J connectivity index is 3.37. The van der Waals surface area contributed by atoms with Crippen LogP contribution in [0.5, 0.6) is 0 Å². The van der Waals surface area contributed by atoms with E-state index in [-0.39, 0.29) is 10.6 Å². The van der Waals surface area contributed by atoms with Crippen LogP contribution in [-0.4, -0.2) is 11.8 Å². The molecule has 0 atom stereocenters. The second-order valence-corrected chi connectivity index (χ2v) is 3.64. The zero-order valence-electron chi connectivity index (χ0n) is 7.84. The normalized spacial score (nSPS) is 10.1. The minimum atomic E-state index is -1.75. The van der Waals surface area contributed by atoms with Gasteiger partial charge in [-0.2, -0.15) is 0 Å². The molecule has 0 unspecified atom stereocenters. The lowest BCUT2D eigenvalue weighted by Crippen LogP contribution is -2.32. The number of aliphatic carboxylic acids is 1. The number of rotatable bonds is 3. The lowest BCUT2D eigenvalue weighted by molar-refractivity contribution is -0.296. The maximum atomic E-state index is 11.2. The second-order valence-electron chi connectivity index (χ2n) is 2.86. The number of carboxylic acids is 1. The second kappa shape index (κ2) is 4.64. The van der Waals surface area contributed by atoms with Crippen LogP contribution in [0.25, 0.3) is 0 Å². The van der Waals surface area contributed by atoms with E-state index in [0.717, 1.165) is 0 Å². The minimum Gasteiger partial charge on any atom is -0.541 e. The molecule has 0 heterocycles. The van der Waals surface area contributed by atoms with Crippen LogP contribution in [0.15, 0.2) is 12.1 Å². The predicted molar refractivity (Wildman–Crippen MR) is 55.2 cm³/mol. The standard InChI is InChI=1S/C10H8Cl2O3/c1-2-5-6(9(13)10(14)15)3-4-7(11)8(5)12/h3-4H,2H2,1H3,(H,14,15)/p-1. The number of hydrogen-bond acceptors (Lipinski definition) is 3. The molecule has 0 amide bonds. The average Bonchev–Trinajstić information content (AvgIpc) is 2.20. The molecule has 0 spiro atoms. The highest BCUT2D eigenvalue weighted by atomic mass is 35.5. The summed E-state index contributed by atoms with van der Waals surface area (Å²) in [6.07, 6.45) is 0.424. The van der Waals surface area contributed by atoms with Gasteiger partial charge in [0.1, 0.15) is 5.97 Å². The highest BCUT2D eigenvalue weighted by Gasteiger charge is 2.15. The van der Waals surface area contributed by atoms with E-state index in [1.165, 1.54) is 12.1 Å². The molecule has 0 aliphatic rings. The first-order valence-corrected chi connectivity index (χ1v) is 4.97. The van der Waals surface area contributed by atoms with Crippen molar-refractivity contribution >= 4 is 35.0 Å². The molecule has 0 aliphatic carbocycles. The van der Waals surface area contributed by atoms with E-state index in [2.05, 4.69) is 0 Å². The number of carbonyl (C=O) groups is 2. The molecule has 0 bridgehead atoms. The van der Waals surface area contributed by atoms with E-state index in [4.69, 9.17) is 23.2 Å². The lowest BCUT2D eigenvalue weighted by atomic mass is 10.0. The Morgan fingerprint density at radius 1 is 1.33 bits per heavy atom. The molecule has 1 aromatic rings. The van der Waals surface area contributed by atoms with Crippen LogP contribution in [0.3, 0.4) is 0 Å². The van der Waals surface area contributed by atoms with Crippen LogP contribution in [-0.2, 0) is 11.2 Å². The summed E-state index contributed by atoms with van der Waals surface area (Å²) >= 11 is 11.6. The molecule has 0 fully saturated rings. The van der Waals surface area contributed by atoms with Crippen molar-refractivity contribution in [1.82, 2.24) is 0 Å². The third-order valence-corrected chi connectivity index (χ3v) is 2.82. The molecule has 0 N–H and O–H groups in total. The molecule has 3 nitrogen and oxygen atoms in total. The zero-order chi connectivity index (χ0) is 11.6. The van der Waals surface area contributed by atoms with E-state index >= 15 is 0 Å². The number of halogens is 2. The summed E-state index contributed by atoms with van der Waals surface area (Å²) in [7, 11) is 0. The molecule has 1 aromatic carbocycles. The molecule has 15 heavy (non-hydrogen) atoms. The summed E-state index contributed by atoms with van der Waals surface area (Å²) in [5.41, 5.74) is 0.463. The molecular formula is C10H7Cl2O3-. The molecular weight excluding hydrogens is 239 g/mol. The van der Waals surface area contributed by atoms with E-state index in [9.17, 15) is 14.7 Å². The largest absolute Gasteiger partial charge is 0.541 e. The van der Waals surface area contributed by atoms with Gasteiger partial charge in [0.2, 0.25) is 5.78 Å². The minimum absolute atomic E-state index is 0.0342. The van der Waals surface area contributed by atoms with Crippen molar-refractivity contribution < 1.29 is 14.7 Å².